The number of aromatic nitrogens is 2. The highest BCUT2D eigenvalue weighted by Gasteiger charge is 2.07. The normalized spacial score (nSPS) is 10.3. The number of primary amides is 1. The van der Waals surface area contributed by atoms with Gasteiger partial charge in [0.15, 0.2) is 4.34 Å². The summed E-state index contributed by atoms with van der Waals surface area (Å²) in [6.45, 7) is 4.19. The average Bonchev–Trinajstić information content (AvgIpc) is 2.85. The summed E-state index contributed by atoms with van der Waals surface area (Å²) >= 11 is 2.84. The summed E-state index contributed by atoms with van der Waals surface area (Å²) in [5.74, 6) is 0.117. The maximum atomic E-state index is 11.2. The second-order valence-electron chi connectivity index (χ2n) is 3.86. The minimum atomic E-state index is -0.834. The maximum Gasteiger partial charge on any atom is 0.318 e. The molecule has 21 heavy (non-hydrogen) atoms. The molecule has 1 heterocycles. The van der Waals surface area contributed by atoms with E-state index >= 15 is 0 Å². The fourth-order valence-corrected chi connectivity index (χ4v) is 3.07. The number of anilines is 1. The van der Waals surface area contributed by atoms with E-state index in [1.165, 1.54) is 23.1 Å². The number of carbonyl (C=O) groups is 2. The lowest BCUT2D eigenvalue weighted by atomic mass is 10.4. The molecule has 1 aromatic heterocycles. The Labute approximate surface area is 131 Å². The minimum Gasteiger partial charge on any atom is -0.382 e. The summed E-state index contributed by atoms with van der Waals surface area (Å²) < 4.78 is 6.00. The van der Waals surface area contributed by atoms with Gasteiger partial charge < -0.3 is 15.8 Å². The van der Waals surface area contributed by atoms with Crippen molar-refractivity contribution in [2.45, 2.75) is 24.1 Å². The van der Waals surface area contributed by atoms with Gasteiger partial charge in [0.1, 0.15) is 0 Å². The van der Waals surface area contributed by atoms with Crippen LogP contribution in [0.25, 0.3) is 0 Å². The fourth-order valence-electron chi connectivity index (χ4n) is 1.28. The molecule has 8 nitrogen and oxygen atoms in total. The Hall–Kier alpha value is -1.39. The van der Waals surface area contributed by atoms with Gasteiger partial charge in [0.25, 0.3) is 0 Å². The number of hydrogen-bond acceptors (Lipinski definition) is 8. The number of nitrogens with two attached hydrogens (primary N) is 1. The van der Waals surface area contributed by atoms with E-state index in [2.05, 4.69) is 15.5 Å². The van der Waals surface area contributed by atoms with Crippen LogP contribution in [0.4, 0.5) is 9.93 Å². The van der Waals surface area contributed by atoms with Crippen molar-refractivity contribution in [3.05, 3.63) is 0 Å². The minimum absolute atomic E-state index is 0.199. The van der Waals surface area contributed by atoms with Gasteiger partial charge in [0.05, 0.1) is 0 Å². The van der Waals surface area contributed by atoms with E-state index in [-0.39, 0.29) is 6.42 Å². The van der Waals surface area contributed by atoms with Crippen LogP contribution in [0.1, 0.15) is 19.8 Å². The summed E-state index contributed by atoms with van der Waals surface area (Å²) in [7, 11) is 0. The first-order chi connectivity index (χ1) is 10.1. The lowest BCUT2D eigenvalue weighted by Crippen LogP contribution is -2.35. The zero-order valence-corrected chi connectivity index (χ0v) is 13.4. The Bertz CT molecular complexity index is 455. The van der Waals surface area contributed by atoms with Gasteiger partial charge in [-0.2, -0.15) is 0 Å². The van der Waals surface area contributed by atoms with Crippen molar-refractivity contribution in [2.24, 2.45) is 5.73 Å². The molecule has 0 fully saturated rings. The molecule has 0 aliphatic heterocycles. The molecule has 0 radical (unpaired) electrons. The molecule has 0 aliphatic carbocycles. The van der Waals surface area contributed by atoms with Gasteiger partial charge >= 0.3 is 6.03 Å². The molecule has 0 atom stereocenters. The second-order valence-corrected chi connectivity index (χ2v) is 6.18. The molecule has 1 rings (SSSR count). The molecule has 3 amide bonds. The third-order valence-electron chi connectivity index (χ3n) is 2.17. The van der Waals surface area contributed by atoms with E-state index in [0.717, 1.165) is 35.7 Å². The lowest BCUT2D eigenvalue weighted by molar-refractivity contribution is -0.119. The number of rotatable bonds is 10. The number of ether oxygens (including phenoxy) is 1. The lowest BCUT2D eigenvalue weighted by Gasteiger charge is -2.01. The summed E-state index contributed by atoms with van der Waals surface area (Å²) in [4.78, 5) is 21.7. The topological polar surface area (TPSA) is 119 Å². The number of urea groups is 1. The molecule has 0 aliphatic rings. The van der Waals surface area contributed by atoms with Crippen LogP contribution in [-0.2, 0) is 9.53 Å². The summed E-state index contributed by atoms with van der Waals surface area (Å²) in [5.41, 5.74) is 4.84. The second kappa shape index (κ2) is 10.4. The smallest absolute Gasteiger partial charge is 0.318 e. The van der Waals surface area contributed by atoms with Gasteiger partial charge in [0.2, 0.25) is 11.0 Å². The molecule has 10 heteroatoms. The van der Waals surface area contributed by atoms with E-state index < -0.39 is 11.9 Å². The molecular weight excluding hydrogens is 314 g/mol. The predicted molar refractivity (Wildman–Crippen MR) is 82.6 cm³/mol. The van der Waals surface area contributed by atoms with Gasteiger partial charge in [-0.25, -0.2) is 4.79 Å². The van der Waals surface area contributed by atoms with E-state index in [1.54, 1.807) is 0 Å². The number of carbonyl (C=O) groups excluding carboxylic acids is 2. The standard InChI is InChI=1S/C11H19N5O3S2/c1-2-19-6-3-5-13-10-15-16-11(21-10)20-7-4-8(17)14-9(12)18/h2-7H2,1H3,(H,13,15)(H3,12,14,17,18). The third-order valence-corrected chi connectivity index (χ3v) is 4.19. The van der Waals surface area contributed by atoms with Gasteiger partial charge in [-0.05, 0) is 13.3 Å². The summed E-state index contributed by atoms with van der Waals surface area (Å²) in [6.07, 6.45) is 1.10. The van der Waals surface area contributed by atoms with Crippen LogP contribution >= 0.6 is 23.1 Å². The van der Waals surface area contributed by atoms with Crippen LogP contribution < -0.4 is 16.4 Å². The van der Waals surface area contributed by atoms with Gasteiger partial charge in [-0.15, -0.1) is 10.2 Å². The molecule has 0 bridgehead atoms. The molecule has 0 saturated heterocycles. The third kappa shape index (κ3) is 8.48. The Morgan fingerprint density at radius 1 is 1.43 bits per heavy atom. The molecular formula is C11H19N5O3S2. The highest BCUT2D eigenvalue weighted by atomic mass is 32.2. The summed E-state index contributed by atoms with van der Waals surface area (Å²) in [6, 6.07) is -0.834. The van der Waals surface area contributed by atoms with E-state index in [0.29, 0.717) is 5.75 Å². The van der Waals surface area contributed by atoms with Crippen molar-refractivity contribution in [2.75, 3.05) is 30.8 Å². The van der Waals surface area contributed by atoms with Crippen molar-refractivity contribution in [1.29, 1.82) is 0 Å². The first kappa shape index (κ1) is 17.7. The van der Waals surface area contributed by atoms with Gasteiger partial charge in [-0.1, -0.05) is 23.1 Å². The van der Waals surface area contributed by atoms with Crippen LogP contribution in [0.5, 0.6) is 0 Å². The first-order valence-corrected chi connectivity index (χ1v) is 8.29. The number of nitrogens with zero attached hydrogens (tertiary/aromatic N) is 2. The van der Waals surface area contributed by atoms with Crippen molar-refractivity contribution in [3.8, 4) is 0 Å². The molecule has 4 N–H and O–H groups in total. The largest absolute Gasteiger partial charge is 0.382 e. The SMILES string of the molecule is CCOCCCNc1nnc(SCCC(=O)NC(N)=O)s1. The Kier molecular flexibility index (Phi) is 8.71. The Morgan fingerprint density at radius 2 is 2.24 bits per heavy atom. The van der Waals surface area contributed by atoms with E-state index in [1.807, 2.05) is 12.2 Å². The Morgan fingerprint density at radius 3 is 2.95 bits per heavy atom. The van der Waals surface area contributed by atoms with Crippen molar-refractivity contribution in [3.63, 3.8) is 0 Å². The monoisotopic (exact) mass is 333 g/mol. The van der Waals surface area contributed by atoms with Crippen molar-refractivity contribution >= 4 is 40.2 Å². The van der Waals surface area contributed by atoms with Crippen LogP contribution in [-0.4, -0.2) is 47.6 Å². The molecule has 118 valence electrons. The summed E-state index contributed by atoms with van der Waals surface area (Å²) in [5, 5.41) is 13.9. The van der Waals surface area contributed by atoms with Crippen LogP contribution in [0, 0.1) is 0 Å². The highest BCUT2D eigenvalue weighted by molar-refractivity contribution is 8.01. The van der Waals surface area contributed by atoms with Crippen molar-refractivity contribution in [1.82, 2.24) is 15.5 Å². The molecule has 0 saturated carbocycles. The van der Waals surface area contributed by atoms with Crippen molar-refractivity contribution < 1.29 is 14.3 Å². The van der Waals surface area contributed by atoms with Crippen LogP contribution in [0.3, 0.4) is 0 Å². The molecule has 0 spiro atoms. The zero-order valence-electron chi connectivity index (χ0n) is 11.8. The fraction of sp³-hybridized carbons (Fsp3) is 0.636. The van der Waals surface area contributed by atoms with E-state index in [4.69, 9.17) is 10.5 Å². The quantitative estimate of drug-likeness (QED) is 0.432. The van der Waals surface area contributed by atoms with Crippen LogP contribution in [0.15, 0.2) is 4.34 Å². The molecule has 1 aromatic rings. The van der Waals surface area contributed by atoms with Gasteiger partial charge in [-0.3, -0.25) is 10.1 Å². The number of imide groups is 1. The van der Waals surface area contributed by atoms with E-state index in [9.17, 15) is 9.59 Å². The maximum absolute atomic E-state index is 11.2. The number of amides is 3. The predicted octanol–water partition coefficient (Wildman–Crippen LogP) is 1.05. The number of hydrogen-bond donors (Lipinski definition) is 3. The number of thioether (sulfide) groups is 1. The van der Waals surface area contributed by atoms with Crippen LogP contribution in [0.2, 0.25) is 0 Å². The zero-order chi connectivity index (χ0) is 15.5. The molecule has 0 unspecified atom stereocenters. The Balaban J connectivity index is 2.16. The van der Waals surface area contributed by atoms with Gasteiger partial charge in [0, 0.05) is 31.9 Å². The average molecular weight is 333 g/mol. The highest BCUT2D eigenvalue weighted by Crippen LogP contribution is 2.25. The number of nitrogens with one attached hydrogen (secondary N) is 2. The first-order valence-electron chi connectivity index (χ1n) is 6.49. The molecule has 0 aromatic carbocycles.